The SMILES string of the molecule is COc1ccc(CN2CCC(CNC(=O)N3CCCC3C(C)(C)O)CC2)cc1. The third-order valence-corrected chi connectivity index (χ3v) is 6.14. The van der Waals surface area contributed by atoms with Crippen LogP contribution in [-0.4, -0.2) is 65.9 Å². The Balaban J connectivity index is 1.40. The van der Waals surface area contributed by atoms with E-state index >= 15 is 0 Å². The largest absolute Gasteiger partial charge is 0.497 e. The fourth-order valence-corrected chi connectivity index (χ4v) is 4.42. The standard InChI is InChI=1S/C22H35N3O3/c1-22(2,27)20-5-4-12-25(20)21(26)23-15-17-10-13-24(14-11-17)16-18-6-8-19(28-3)9-7-18/h6-9,17,20,27H,4-5,10-16H2,1-3H3,(H,23,26). The number of carbonyl (C=O) groups is 1. The molecule has 3 rings (SSSR count). The van der Waals surface area contributed by atoms with Crippen molar-refractivity contribution >= 4 is 6.03 Å². The van der Waals surface area contributed by atoms with E-state index in [9.17, 15) is 9.90 Å². The lowest BCUT2D eigenvalue weighted by molar-refractivity contribution is 0.00962. The van der Waals surface area contributed by atoms with Crippen LogP contribution in [0.15, 0.2) is 24.3 Å². The molecule has 0 bridgehead atoms. The summed E-state index contributed by atoms with van der Waals surface area (Å²) in [5.41, 5.74) is 0.458. The summed E-state index contributed by atoms with van der Waals surface area (Å²) in [5, 5.41) is 13.4. The van der Waals surface area contributed by atoms with Gasteiger partial charge in [-0.3, -0.25) is 4.90 Å². The van der Waals surface area contributed by atoms with E-state index in [1.807, 2.05) is 17.0 Å². The van der Waals surface area contributed by atoms with E-state index in [0.717, 1.165) is 64.2 Å². The molecule has 0 spiro atoms. The van der Waals surface area contributed by atoms with E-state index < -0.39 is 5.60 Å². The second kappa shape index (κ2) is 9.14. The molecule has 1 aromatic rings. The van der Waals surface area contributed by atoms with Crippen molar-refractivity contribution in [3.63, 3.8) is 0 Å². The Hall–Kier alpha value is -1.79. The van der Waals surface area contributed by atoms with Crippen molar-refractivity contribution in [2.75, 3.05) is 33.3 Å². The number of nitrogens with zero attached hydrogens (tertiary/aromatic N) is 2. The summed E-state index contributed by atoms with van der Waals surface area (Å²) in [7, 11) is 1.69. The van der Waals surface area contributed by atoms with E-state index in [1.54, 1.807) is 21.0 Å². The van der Waals surface area contributed by atoms with Gasteiger partial charge in [0.15, 0.2) is 0 Å². The highest BCUT2D eigenvalue weighted by Gasteiger charge is 2.38. The zero-order valence-electron chi connectivity index (χ0n) is 17.5. The molecule has 2 fully saturated rings. The maximum absolute atomic E-state index is 12.6. The first-order valence-electron chi connectivity index (χ1n) is 10.5. The highest BCUT2D eigenvalue weighted by atomic mass is 16.5. The average Bonchev–Trinajstić information content (AvgIpc) is 3.18. The second-order valence-electron chi connectivity index (χ2n) is 8.76. The molecule has 2 amide bonds. The Morgan fingerprint density at radius 1 is 1.18 bits per heavy atom. The van der Waals surface area contributed by atoms with E-state index in [4.69, 9.17) is 4.74 Å². The summed E-state index contributed by atoms with van der Waals surface area (Å²) in [4.78, 5) is 16.9. The number of methoxy groups -OCH3 is 1. The zero-order chi connectivity index (χ0) is 20.1. The Morgan fingerprint density at radius 2 is 1.86 bits per heavy atom. The topological polar surface area (TPSA) is 65.0 Å². The van der Waals surface area contributed by atoms with Crippen LogP contribution >= 0.6 is 0 Å². The third kappa shape index (κ3) is 5.39. The minimum atomic E-state index is -0.847. The van der Waals surface area contributed by atoms with Crippen LogP contribution < -0.4 is 10.1 Å². The molecule has 0 saturated carbocycles. The number of ether oxygens (including phenoxy) is 1. The van der Waals surface area contributed by atoms with Gasteiger partial charge in [-0.25, -0.2) is 4.79 Å². The van der Waals surface area contributed by atoms with Crippen molar-refractivity contribution in [2.24, 2.45) is 5.92 Å². The molecule has 2 aliphatic heterocycles. The molecule has 1 unspecified atom stereocenters. The van der Waals surface area contributed by atoms with Crippen molar-refractivity contribution in [1.82, 2.24) is 15.1 Å². The van der Waals surface area contributed by atoms with Gasteiger partial charge >= 0.3 is 6.03 Å². The molecule has 156 valence electrons. The van der Waals surface area contributed by atoms with Crippen LogP contribution in [0.3, 0.4) is 0 Å². The lowest BCUT2D eigenvalue weighted by Crippen LogP contribution is -2.52. The van der Waals surface area contributed by atoms with Gasteiger partial charge in [-0.2, -0.15) is 0 Å². The Morgan fingerprint density at radius 3 is 2.46 bits per heavy atom. The van der Waals surface area contributed by atoms with Gasteiger partial charge in [0.2, 0.25) is 0 Å². The van der Waals surface area contributed by atoms with Crippen molar-refractivity contribution in [3.05, 3.63) is 29.8 Å². The van der Waals surface area contributed by atoms with Crippen molar-refractivity contribution in [2.45, 2.75) is 57.7 Å². The molecule has 2 saturated heterocycles. The lowest BCUT2D eigenvalue weighted by atomic mass is 9.96. The molecule has 1 atom stereocenters. The van der Waals surface area contributed by atoms with Gasteiger partial charge < -0.3 is 20.1 Å². The smallest absolute Gasteiger partial charge is 0.317 e. The van der Waals surface area contributed by atoms with Crippen LogP contribution in [0.1, 0.15) is 45.1 Å². The van der Waals surface area contributed by atoms with Crippen molar-refractivity contribution in [1.29, 1.82) is 0 Å². The predicted octanol–water partition coefficient (Wildman–Crippen LogP) is 2.85. The first kappa shape index (κ1) is 20.9. The highest BCUT2D eigenvalue weighted by Crippen LogP contribution is 2.27. The number of urea groups is 1. The van der Waals surface area contributed by atoms with E-state index in [0.29, 0.717) is 5.92 Å². The Bertz CT molecular complexity index is 633. The summed E-state index contributed by atoms with van der Waals surface area (Å²) < 4.78 is 5.22. The number of benzene rings is 1. The minimum Gasteiger partial charge on any atom is -0.497 e. The van der Waals surface area contributed by atoms with Crippen LogP contribution in [0.25, 0.3) is 0 Å². The first-order chi connectivity index (χ1) is 13.4. The van der Waals surface area contributed by atoms with Crippen LogP contribution in [-0.2, 0) is 6.54 Å². The third-order valence-electron chi connectivity index (χ3n) is 6.14. The zero-order valence-corrected chi connectivity index (χ0v) is 17.5. The number of carbonyl (C=O) groups excluding carboxylic acids is 1. The summed E-state index contributed by atoms with van der Waals surface area (Å²) in [6.07, 6.45) is 4.04. The number of likely N-dealkylation sites (tertiary alicyclic amines) is 2. The quantitative estimate of drug-likeness (QED) is 0.785. The van der Waals surface area contributed by atoms with Gasteiger partial charge in [-0.1, -0.05) is 12.1 Å². The van der Waals surface area contributed by atoms with Crippen LogP contribution in [0, 0.1) is 5.92 Å². The number of rotatable bonds is 6. The number of hydrogen-bond donors (Lipinski definition) is 2. The molecule has 0 aliphatic carbocycles. The minimum absolute atomic E-state index is 0.0229. The van der Waals surface area contributed by atoms with E-state index in [1.165, 1.54) is 5.56 Å². The van der Waals surface area contributed by atoms with E-state index in [-0.39, 0.29) is 12.1 Å². The predicted molar refractivity (Wildman–Crippen MR) is 110 cm³/mol. The number of hydrogen-bond acceptors (Lipinski definition) is 4. The second-order valence-corrected chi connectivity index (χ2v) is 8.76. The normalized spacial score (nSPS) is 21.7. The molecule has 2 aliphatic rings. The molecule has 2 heterocycles. The lowest BCUT2D eigenvalue weighted by Gasteiger charge is -2.35. The van der Waals surface area contributed by atoms with Gasteiger partial charge in [0, 0.05) is 19.6 Å². The fourth-order valence-electron chi connectivity index (χ4n) is 4.42. The average molecular weight is 390 g/mol. The molecule has 1 aromatic carbocycles. The Kier molecular flexibility index (Phi) is 6.83. The number of amides is 2. The summed E-state index contributed by atoms with van der Waals surface area (Å²) in [6.45, 7) is 8.13. The molecule has 28 heavy (non-hydrogen) atoms. The Labute approximate surface area is 168 Å². The number of aliphatic hydroxyl groups is 1. The van der Waals surface area contributed by atoms with Gasteiger partial charge in [0.05, 0.1) is 18.8 Å². The maximum atomic E-state index is 12.6. The van der Waals surface area contributed by atoms with Crippen molar-refractivity contribution < 1.29 is 14.6 Å². The number of piperidine rings is 1. The maximum Gasteiger partial charge on any atom is 0.317 e. The summed E-state index contributed by atoms with van der Waals surface area (Å²) in [5.74, 6) is 1.42. The van der Waals surface area contributed by atoms with Gasteiger partial charge in [-0.15, -0.1) is 0 Å². The highest BCUT2D eigenvalue weighted by molar-refractivity contribution is 5.75. The molecule has 0 radical (unpaired) electrons. The molecule has 6 nitrogen and oxygen atoms in total. The molecule has 2 N–H and O–H groups in total. The molecular formula is C22H35N3O3. The number of nitrogens with one attached hydrogen (secondary N) is 1. The first-order valence-corrected chi connectivity index (χ1v) is 10.5. The summed E-state index contributed by atoms with van der Waals surface area (Å²) in [6, 6.07) is 8.16. The summed E-state index contributed by atoms with van der Waals surface area (Å²) >= 11 is 0. The molecular weight excluding hydrogens is 354 g/mol. The van der Waals surface area contributed by atoms with Crippen LogP contribution in [0.5, 0.6) is 5.75 Å². The molecule has 6 heteroatoms. The van der Waals surface area contributed by atoms with Crippen LogP contribution in [0.4, 0.5) is 4.79 Å². The monoisotopic (exact) mass is 389 g/mol. The van der Waals surface area contributed by atoms with Crippen LogP contribution in [0.2, 0.25) is 0 Å². The van der Waals surface area contributed by atoms with Crippen molar-refractivity contribution in [3.8, 4) is 5.75 Å². The van der Waals surface area contributed by atoms with Gasteiger partial charge in [-0.05, 0) is 76.2 Å². The van der Waals surface area contributed by atoms with Gasteiger partial charge in [0.1, 0.15) is 5.75 Å². The molecule has 0 aromatic heterocycles. The van der Waals surface area contributed by atoms with E-state index in [2.05, 4.69) is 22.3 Å². The van der Waals surface area contributed by atoms with Gasteiger partial charge in [0.25, 0.3) is 0 Å². The fraction of sp³-hybridized carbons (Fsp3) is 0.682.